The van der Waals surface area contributed by atoms with Crippen molar-refractivity contribution in [2.75, 3.05) is 6.61 Å². The third kappa shape index (κ3) is 2.66. The van der Waals surface area contributed by atoms with Crippen molar-refractivity contribution in [1.82, 2.24) is 0 Å². The molecular weight excluding hydrogens is 419 g/mol. The Morgan fingerprint density at radius 3 is 2.89 bits per heavy atom. The lowest BCUT2D eigenvalue weighted by Gasteiger charge is -2.14. The molecule has 2 aromatic carbocycles. The minimum Gasteiger partial charge on any atom is -0.493 e. The molecule has 3 rings (SSSR count). The van der Waals surface area contributed by atoms with E-state index in [1.165, 1.54) is 5.56 Å². The van der Waals surface area contributed by atoms with Crippen LogP contribution in [0, 0.1) is 3.57 Å². The van der Waals surface area contributed by atoms with Crippen LogP contribution in [0.1, 0.15) is 22.8 Å². The molecular formula is C15H12BrIO2. The highest BCUT2D eigenvalue weighted by Crippen LogP contribution is 2.33. The Morgan fingerprint density at radius 1 is 1.21 bits per heavy atom. The molecule has 0 saturated heterocycles. The highest BCUT2D eigenvalue weighted by molar-refractivity contribution is 14.1. The largest absolute Gasteiger partial charge is 0.493 e. The maximum atomic E-state index is 10.6. The summed E-state index contributed by atoms with van der Waals surface area (Å²) in [4.78, 5) is 0. The molecule has 1 atom stereocenters. The lowest BCUT2D eigenvalue weighted by atomic mass is 9.99. The minimum absolute atomic E-state index is 0.602. The number of hydrogen-bond acceptors (Lipinski definition) is 2. The third-order valence-electron chi connectivity index (χ3n) is 3.28. The molecule has 0 aliphatic carbocycles. The topological polar surface area (TPSA) is 29.5 Å². The van der Waals surface area contributed by atoms with Crippen LogP contribution in [0.3, 0.4) is 0 Å². The van der Waals surface area contributed by atoms with Crippen LogP contribution in [0.5, 0.6) is 5.75 Å². The zero-order valence-electron chi connectivity index (χ0n) is 10.1. The minimum atomic E-state index is -0.602. The molecule has 0 saturated carbocycles. The van der Waals surface area contributed by atoms with Crippen LogP contribution in [0.15, 0.2) is 40.9 Å². The van der Waals surface area contributed by atoms with Gasteiger partial charge in [0.1, 0.15) is 11.9 Å². The van der Waals surface area contributed by atoms with E-state index in [0.29, 0.717) is 0 Å². The summed E-state index contributed by atoms with van der Waals surface area (Å²) in [5.74, 6) is 0.944. The van der Waals surface area contributed by atoms with Crippen LogP contribution in [0.25, 0.3) is 0 Å². The van der Waals surface area contributed by atoms with Gasteiger partial charge < -0.3 is 9.84 Å². The average molecular weight is 431 g/mol. The summed E-state index contributed by atoms with van der Waals surface area (Å²) in [6, 6.07) is 11.9. The molecule has 1 unspecified atom stereocenters. The molecule has 0 bridgehead atoms. The smallest absolute Gasteiger partial charge is 0.122 e. The van der Waals surface area contributed by atoms with Gasteiger partial charge in [-0.15, -0.1) is 0 Å². The van der Waals surface area contributed by atoms with Gasteiger partial charge in [0.2, 0.25) is 0 Å². The fourth-order valence-electron chi connectivity index (χ4n) is 2.28. The van der Waals surface area contributed by atoms with E-state index in [1.807, 2.05) is 36.4 Å². The molecule has 1 N–H and O–H groups in total. The molecule has 1 heterocycles. The van der Waals surface area contributed by atoms with Crippen LogP contribution >= 0.6 is 38.5 Å². The van der Waals surface area contributed by atoms with E-state index >= 15 is 0 Å². The van der Waals surface area contributed by atoms with E-state index < -0.39 is 6.10 Å². The number of ether oxygens (including phenoxy) is 1. The maximum Gasteiger partial charge on any atom is 0.122 e. The normalized spacial score (nSPS) is 14.9. The van der Waals surface area contributed by atoms with E-state index in [1.54, 1.807) is 0 Å². The maximum absolute atomic E-state index is 10.6. The van der Waals surface area contributed by atoms with E-state index in [2.05, 4.69) is 38.5 Å². The second-order valence-electron chi connectivity index (χ2n) is 4.53. The second kappa shape index (κ2) is 5.42. The summed E-state index contributed by atoms with van der Waals surface area (Å²) in [6.07, 6.45) is 0.321. The van der Waals surface area contributed by atoms with Gasteiger partial charge in [0.25, 0.3) is 0 Å². The van der Waals surface area contributed by atoms with Crippen molar-refractivity contribution in [3.63, 3.8) is 0 Å². The van der Waals surface area contributed by atoms with Crippen LogP contribution in [-0.4, -0.2) is 11.7 Å². The van der Waals surface area contributed by atoms with Crippen LogP contribution in [0.4, 0.5) is 0 Å². The number of fused-ring (bicyclic) bond motifs is 1. The molecule has 2 aromatic rings. The lowest BCUT2D eigenvalue weighted by Crippen LogP contribution is -2.02. The third-order valence-corrected chi connectivity index (χ3v) is 4.76. The standard InChI is InChI=1S/C15H12BrIO2/c16-11-2-3-13(17)12(8-11)15(18)10-1-4-14-9(7-10)5-6-19-14/h1-4,7-8,15,18H,5-6H2. The summed E-state index contributed by atoms with van der Waals surface area (Å²) in [5, 5.41) is 10.6. The molecule has 2 nitrogen and oxygen atoms in total. The number of benzene rings is 2. The van der Waals surface area contributed by atoms with E-state index in [4.69, 9.17) is 4.74 Å². The summed E-state index contributed by atoms with van der Waals surface area (Å²) < 4.78 is 7.53. The molecule has 1 aliphatic heterocycles. The number of hydrogen-bond donors (Lipinski definition) is 1. The first-order valence-corrected chi connectivity index (χ1v) is 7.91. The SMILES string of the molecule is OC(c1ccc2c(c1)CCO2)c1cc(Br)ccc1I. The first kappa shape index (κ1) is 13.4. The first-order chi connectivity index (χ1) is 9.15. The molecule has 4 heteroatoms. The Balaban J connectivity index is 1.99. The van der Waals surface area contributed by atoms with E-state index in [9.17, 15) is 5.11 Å². The van der Waals surface area contributed by atoms with Gasteiger partial charge in [-0.05, 0) is 69.6 Å². The van der Waals surface area contributed by atoms with Crippen LogP contribution in [0.2, 0.25) is 0 Å². The number of aliphatic hydroxyl groups is 1. The zero-order valence-corrected chi connectivity index (χ0v) is 13.8. The van der Waals surface area contributed by atoms with Gasteiger partial charge in [0.05, 0.1) is 6.61 Å². The summed E-state index contributed by atoms with van der Waals surface area (Å²) in [6.45, 7) is 0.739. The van der Waals surface area contributed by atoms with Gasteiger partial charge in [0.15, 0.2) is 0 Å². The van der Waals surface area contributed by atoms with E-state index in [-0.39, 0.29) is 0 Å². The Hall–Kier alpha value is -0.590. The van der Waals surface area contributed by atoms with Gasteiger partial charge >= 0.3 is 0 Å². The molecule has 98 valence electrons. The Kier molecular flexibility index (Phi) is 3.82. The summed E-state index contributed by atoms with van der Waals surface area (Å²) >= 11 is 5.70. The lowest BCUT2D eigenvalue weighted by molar-refractivity contribution is 0.219. The summed E-state index contributed by atoms with van der Waals surface area (Å²) in [7, 11) is 0. The monoisotopic (exact) mass is 430 g/mol. The van der Waals surface area contributed by atoms with Gasteiger partial charge in [0, 0.05) is 14.5 Å². The van der Waals surface area contributed by atoms with Gasteiger partial charge in [-0.25, -0.2) is 0 Å². The molecule has 1 aliphatic rings. The fraction of sp³-hybridized carbons (Fsp3) is 0.200. The Bertz CT molecular complexity index is 628. The fourth-order valence-corrected chi connectivity index (χ4v) is 3.29. The number of halogens is 2. The summed E-state index contributed by atoms with van der Waals surface area (Å²) in [5.41, 5.74) is 3.02. The molecule has 0 amide bonds. The van der Waals surface area contributed by atoms with Crippen molar-refractivity contribution in [2.24, 2.45) is 0 Å². The second-order valence-corrected chi connectivity index (χ2v) is 6.61. The predicted molar refractivity (Wildman–Crippen MR) is 86.6 cm³/mol. The van der Waals surface area contributed by atoms with Crippen molar-refractivity contribution in [1.29, 1.82) is 0 Å². The Labute approximate surface area is 134 Å². The average Bonchev–Trinajstić information content (AvgIpc) is 2.88. The number of aliphatic hydroxyl groups excluding tert-OH is 1. The molecule has 0 radical (unpaired) electrons. The van der Waals surface area contributed by atoms with Gasteiger partial charge in [-0.1, -0.05) is 22.0 Å². The molecule has 0 fully saturated rings. The Morgan fingerprint density at radius 2 is 2.05 bits per heavy atom. The van der Waals surface area contributed by atoms with Crippen molar-refractivity contribution >= 4 is 38.5 Å². The van der Waals surface area contributed by atoms with Gasteiger partial charge in [-0.3, -0.25) is 0 Å². The predicted octanol–water partition coefficient (Wildman–Crippen LogP) is 4.07. The van der Waals surface area contributed by atoms with Crippen LogP contribution < -0.4 is 4.74 Å². The molecule has 0 aromatic heterocycles. The van der Waals surface area contributed by atoms with Crippen molar-refractivity contribution in [2.45, 2.75) is 12.5 Å². The van der Waals surface area contributed by atoms with Crippen LogP contribution in [-0.2, 0) is 6.42 Å². The van der Waals surface area contributed by atoms with Crippen molar-refractivity contribution in [3.05, 3.63) is 61.1 Å². The zero-order chi connectivity index (χ0) is 13.4. The van der Waals surface area contributed by atoms with Gasteiger partial charge in [-0.2, -0.15) is 0 Å². The van der Waals surface area contributed by atoms with E-state index in [0.717, 1.165) is 37.9 Å². The first-order valence-electron chi connectivity index (χ1n) is 6.04. The highest BCUT2D eigenvalue weighted by Gasteiger charge is 2.18. The number of rotatable bonds is 2. The molecule has 19 heavy (non-hydrogen) atoms. The van der Waals surface area contributed by atoms with Crippen molar-refractivity contribution < 1.29 is 9.84 Å². The quantitative estimate of drug-likeness (QED) is 0.727. The molecule has 0 spiro atoms. The highest BCUT2D eigenvalue weighted by atomic mass is 127. The van der Waals surface area contributed by atoms with Crippen molar-refractivity contribution in [3.8, 4) is 5.75 Å².